The van der Waals surface area contributed by atoms with Crippen molar-refractivity contribution >= 4 is 44.6 Å². The minimum atomic E-state index is -3.63. The van der Waals surface area contributed by atoms with E-state index in [-0.39, 0.29) is 56.1 Å². The molecule has 4 aliphatic rings. The summed E-state index contributed by atoms with van der Waals surface area (Å²) in [6.07, 6.45) is 2.45. The summed E-state index contributed by atoms with van der Waals surface area (Å²) >= 11 is 0. The number of ether oxygens (including phenoxy) is 2. The Bertz CT molecular complexity index is 2720. The topological polar surface area (TPSA) is 196 Å². The highest BCUT2D eigenvalue weighted by molar-refractivity contribution is 7.89. The average Bonchev–Trinajstić information content (AvgIpc) is 3.93. The molecule has 2 saturated heterocycles. The van der Waals surface area contributed by atoms with Crippen molar-refractivity contribution in [2.45, 2.75) is 97.0 Å². The number of carbonyl (C=O) groups excluding carboxylic acids is 4. The van der Waals surface area contributed by atoms with Crippen LogP contribution in [-0.2, 0) is 51.6 Å². The molecule has 2 aromatic heterocycles. The number of nitrogens with one attached hydrogen (secondary N) is 2. The van der Waals surface area contributed by atoms with Gasteiger partial charge in [0.05, 0.1) is 23.9 Å². The Balaban J connectivity index is 1.18. The molecule has 1 unspecified atom stereocenters. The Labute approximate surface area is 399 Å². The number of hydrogen-bond acceptors (Lipinski definition) is 12. The van der Waals surface area contributed by atoms with Crippen LogP contribution in [0.3, 0.4) is 0 Å². The number of benzene rings is 2. The standard InChI is InChI=1S/C50H66N8O9S/c1-10-57-39-16-15-31-25-36(39)40-41(45(66-9)42-35(44(40)57)13-11-18-51-42)50(4,5)27-67-49(63)37-14-12-19-58(53-37)48(62)38(23-30-21-33(31)24-34(59)22-30)52-46(60)43(29(2)3)55(8)47(61)32-17-20-56(26-32)68(64,65)28-54(6)7/h11,13,15-16,18,21-22,24-25,29,32,37-38,41,43,45,53,59H,10,12,14,17,19-20,23,26-28H2,1-9H3,(H,52,60)/t32-,37-,38-,41?,43-,45-/m0/s1. The second kappa shape index (κ2) is 19.2. The van der Waals surface area contributed by atoms with Gasteiger partial charge in [0, 0.05) is 80.8 Å². The van der Waals surface area contributed by atoms with Gasteiger partial charge in [-0.3, -0.25) is 34.1 Å². The van der Waals surface area contributed by atoms with E-state index in [9.17, 15) is 32.7 Å². The number of carbonyl (C=O) groups is 4. The smallest absolute Gasteiger partial charge is 0.324 e. The number of aromatic nitrogens is 2. The van der Waals surface area contributed by atoms with Gasteiger partial charge in [0.1, 0.15) is 35.9 Å². The van der Waals surface area contributed by atoms with Gasteiger partial charge in [-0.15, -0.1) is 0 Å². The Kier molecular flexibility index (Phi) is 13.8. The zero-order valence-electron chi connectivity index (χ0n) is 40.6. The molecular formula is C50H66N8O9S. The third kappa shape index (κ3) is 9.24. The van der Waals surface area contributed by atoms with E-state index in [2.05, 4.69) is 54.3 Å². The molecule has 3 aliphatic heterocycles. The van der Waals surface area contributed by atoms with Crippen LogP contribution in [0.25, 0.3) is 33.3 Å². The third-order valence-electron chi connectivity index (χ3n) is 14.2. The van der Waals surface area contributed by atoms with Crippen molar-refractivity contribution in [1.29, 1.82) is 0 Å². The number of nitrogens with zero attached hydrogens (tertiary/aromatic N) is 6. The molecule has 0 radical (unpaired) electrons. The van der Waals surface area contributed by atoms with E-state index in [0.717, 1.165) is 39.0 Å². The molecule has 3 N–H and O–H groups in total. The van der Waals surface area contributed by atoms with E-state index in [4.69, 9.17) is 14.5 Å². The predicted molar refractivity (Wildman–Crippen MR) is 257 cm³/mol. The maximum Gasteiger partial charge on any atom is 0.324 e. The average molecular weight is 955 g/mol. The zero-order chi connectivity index (χ0) is 49.0. The van der Waals surface area contributed by atoms with Gasteiger partial charge in [-0.1, -0.05) is 39.8 Å². The van der Waals surface area contributed by atoms with Crippen molar-refractivity contribution in [1.82, 2.24) is 39.4 Å². The number of aromatic hydroxyl groups is 1. The van der Waals surface area contributed by atoms with Gasteiger partial charge in [-0.05, 0) is 105 Å². The molecule has 5 heterocycles. The molecule has 2 aromatic carbocycles. The van der Waals surface area contributed by atoms with Crippen LogP contribution in [0.5, 0.6) is 5.75 Å². The number of fused-ring (bicyclic) bond motifs is 8. The van der Waals surface area contributed by atoms with Crippen LogP contribution in [-0.4, -0.2) is 144 Å². The first-order valence-corrected chi connectivity index (χ1v) is 25.3. The number of esters is 1. The van der Waals surface area contributed by atoms with E-state index >= 15 is 0 Å². The molecule has 2 fully saturated rings. The van der Waals surface area contributed by atoms with Crippen LogP contribution >= 0.6 is 0 Å². The van der Waals surface area contributed by atoms with Crippen molar-refractivity contribution in [2.24, 2.45) is 17.3 Å². The monoisotopic (exact) mass is 954 g/mol. The van der Waals surface area contributed by atoms with Gasteiger partial charge in [-0.2, -0.15) is 4.31 Å². The van der Waals surface area contributed by atoms with Gasteiger partial charge < -0.3 is 29.4 Å². The maximum absolute atomic E-state index is 14.8. The zero-order valence-corrected chi connectivity index (χ0v) is 41.4. The number of aryl methyl sites for hydroxylation is 1. The van der Waals surface area contributed by atoms with Crippen LogP contribution in [0, 0.1) is 17.3 Å². The van der Waals surface area contributed by atoms with Crippen molar-refractivity contribution in [3.05, 3.63) is 71.5 Å². The summed E-state index contributed by atoms with van der Waals surface area (Å²) in [6.45, 7) is 11.0. The molecule has 366 valence electrons. The number of sulfonamides is 1. The molecule has 0 saturated carbocycles. The Hall–Kier alpha value is -5.40. The highest BCUT2D eigenvalue weighted by Crippen LogP contribution is 2.57. The van der Waals surface area contributed by atoms with Crippen LogP contribution in [0.4, 0.5) is 0 Å². The van der Waals surface area contributed by atoms with Crippen molar-refractivity contribution in [3.8, 4) is 28.1 Å². The molecule has 3 amide bonds. The van der Waals surface area contributed by atoms with E-state index in [1.54, 1.807) is 44.4 Å². The fourth-order valence-electron chi connectivity index (χ4n) is 11.0. The van der Waals surface area contributed by atoms with Gasteiger partial charge in [0.2, 0.25) is 21.8 Å². The first kappa shape index (κ1) is 49.0. The highest BCUT2D eigenvalue weighted by Gasteiger charge is 2.48. The molecule has 1 aliphatic carbocycles. The van der Waals surface area contributed by atoms with E-state index in [1.165, 1.54) is 21.3 Å². The number of amides is 3. The summed E-state index contributed by atoms with van der Waals surface area (Å²) < 4.78 is 42.2. The lowest BCUT2D eigenvalue weighted by Gasteiger charge is -2.42. The van der Waals surface area contributed by atoms with E-state index in [1.807, 2.05) is 32.0 Å². The molecule has 17 nitrogen and oxygen atoms in total. The van der Waals surface area contributed by atoms with Crippen molar-refractivity contribution in [2.75, 3.05) is 60.4 Å². The minimum absolute atomic E-state index is 0.00792. The van der Waals surface area contributed by atoms with Crippen molar-refractivity contribution < 1.29 is 42.2 Å². The molecule has 68 heavy (non-hydrogen) atoms. The predicted octanol–water partition coefficient (Wildman–Crippen LogP) is 4.64. The largest absolute Gasteiger partial charge is 0.508 e. The van der Waals surface area contributed by atoms with E-state index < -0.39 is 69.3 Å². The Morgan fingerprint density at radius 3 is 2.53 bits per heavy atom. The first-order valence-electron chi connectivity index (χ1n) is 23.7. The number of hydrazine groups is 1. The highest BCUT2D eigenvalue weighted by atomic mass is 32.2. The lowest BCUT2D eigenvalue weighted by Crippen LogP contribution is -2.62. The molecule has 4 aromatic rings. The fourth-order valence-corrected chi connectivity index (χ4v) is 12.6. The summed E-state index contributed by atoms with van der Waals surface area (Å²) in [7, 11) is 2.93. The number of hydrogen-bond donors (Lipinski definition) is 3. The number of methoxy groups -OCH3 is 1. The van der Waals surface area contributed by atoms with Crippen LogP contribution in [0.1, 0.15) is 82.7 Å². The number of phenols is 1. The van der Waals surface area contributed by atoms with E-state index in [0.29, 0.717) is 36.9 Å². The number of likely N-dealkylation sites (N-methyl/N-ethyl adjacent to an activating group) is 1. The maximum atomic E-state index is 14.8. The summed E-state index contributed by atoms with van der Waals surface area (Å²) in [5.41, 5.74) is 9.36. The lowest BCUT2D eigenvalue weighted by atomic mass is 9.67. The minimum Gasteiger partial charge on any atom is -0.508 e. The SMILES string of the molecule is CCn1c2c3c4cc(ccc41)-c1cc(O)cc(c1)C[C@H](NC(=O)[C@H](C(C)C)N(C)C(=O)[C@H]1CCN(S(=O)(=O)CN(C)C)C1)C(=O)N1CCC[C@H](N1)C(=O)OCC(C)(C)C3[C@H](OC)c1ncccc1-2. The second-order valence-corrected chi connectivity index (χ2v) is 22.1. The third-order valence-corrected chi connectivity index (χ3v) is 16.1. The first-order chi connectivity index (χ1) is 32.2. The van der Waals surface area contributed by atoms with Crippen LogP contribution in [0.15, 0.2) is 54.7 Å². The number of cyclic esters (lactones) is 1. The molecular weight excluding hydrogens is 889 g/mol. The Morgan fingerprint density at radius 1 is 1.06 bits per heavy atom. The number of rotatable bonds is 10. The molecule has 6 bridgehead atoms. The quantitative estimate of drug-likeness (QED) is 0.187. The van der Waals surface area contributed by atoms with Crippen LogP contribution < -0.4 is 10.7 Å². The van der Waals surface area contributed by atoms with Gasteiger partial charge >= 0.3 is 5.97 Å². The summed E-state index contributed by atoms with van der Waals surface area (Å²) in [5, 5.41) is 16.7. The molecule has 8 rings (SSSR count). The number of phenolic OH excluding ortho intramolecular Hbond substituents is 1. The number of pyridine rings is 1. The lowest BCUT2D eigenvalue weighted by molar-refractivity contribution is -0.156. The molecule has 18 heteroatoms. The fraction of sp³-hybridized carbons (Fsp3) is 0.540. The van der Waals surface area contributed by atoms with Gasteiger partial charge in [0.25, 0.3) is 5.91 Å². The molecule has 6 atom stereocenters. The summed E-state index contributed by atoms with van der Waals surface area (Å²) in [4.78, 5) is 65.4. The second-order valence-electron chi connectivity index (χ2n) is 20.2. The normalized spacial score (nSPS) is 23.6. The van der Waals surface area contributed by atoms with Crippen molar-refractivity contribution in [3.63, 3.8) is 0 Å². The van der Waals surface area contributed by atoms with Gasteiger partial charge in [-0.25, -0.2) is 13.8 Å². The summed E-state index contributed by atoms with van der Waals surface area (Å²) in [6, 6.07) is 12.3. The summed E-state index contributed by atoms with van der Waals surface area (Å²) in [5.74, 6) is -3.54. The van der Waals surface area contributed by atoms with Crippen LogP contribution in [0.2, 0.25) is 0 Å². The van der Waals surface area contributed by atoms with Gasteiger partial charge in [0.15, 0.2) is 0 Å². The Morgan fingerprint density at radius 2 is 1.82 bits per heavy atom. The molecule has 0 spiro atoms.